The maximum absolute atomic E-state index is 10.9. The molecule has 0 rings (SSSR count). The number of hydrogen-bond donors (Lipinski definition) is 0. The van der Waals surface area contributed by atoms with Gasteiger partial charge in [0.15, 0.2) is 9.84 Å². The molecule has 0 amide bonds. The Labute approximate surface area is 67.9 Å². The molecule has 0 bridgehead atoms. The summed E-state index contributed by atoms with van der Waals surface area (Å²) in [7, 11) is -3.13. The first-order chi connectivity index (χ1) is 4.89. The SMILES string of the molecule is C=C/C=C(/C)C(=C)S(C)(=O)=O. The van der Waals surface area contributed by atoms with Crippen molar-refractivity contribution in [3.8, 4) is 0 Å². The Kier molecular flexibility index (Phi) is 3.26. The van der Waals surface area contributed by atoms with Gasteiger partial charge in [-0.3, -0.25) is 0 Å². The average Bonchev–Trinajstić information content (AvgIpc) is 1.85. The molecule has 0 atom stereocenters. The van der Waals surface area contributed by atoms with E-state index >= 15 is 0 Å². The molecule has 0 aromatic rings. The summed E-state index contributed by atoms with van der Waals surface area (Å²) >= 11 is 0. The Morgan fingerprint density at radius 3 is 2.18 bits per heavy atom. The van der Waals surface area contributed by atoms with E-state index in [0.29, 0.717) is 5.57 Å². The predicted octanol–water partition coefficient (Wildman–Crippen LogP) is 1.68. The van der Waals surface area contributed by atoms with Gasteiger partial charge in [0.05, 0.1) is 4.91 Å². The first-order valence-electron chi connectivity index (χ1n) is 3.08. The summed E-state index contributed by atoms with van der Waals surface area (Å²) in [6.07, 6.45) is 4.28. The van der Waals surface area contributed by atoms with Crippen LogP contribution in [-0.2, 0) is 9.84 Å². The van der Waals surface area contributed by atoms with Crippen LogP contribution in [0, 0.1) is 0 Å². The standard InChI is InChI=1S/C8H12O2S/c1-5-6-7(2)8(3)11(4,9)10/h5-6H,1,3H2,2,4H3/b7-6-. The molecule has 3 heteroatoms. The molecule has 0 aliphatic rings. The molecule has 0 unspecified atom stereocenters. The molecule has 0 aromatic heterocycles. The van der Waals surface area contributed by atoms with Crippen molar-refractivity contribution >= 4 is 9.84 Å². The van der Waals surface area contributed by atoms with E-state index in [0.717, 1.165) is 6.26 Å². The highest BCUT2D eigenvalue weighted by Gasteiger charge is 2.08. The van der Waals surface area contributed by atoms with Crippen LogP contribution in [0.15, 0.2) is 35.8 Å². The zero-order valence-electron chi connectivity index (χ0n) is 6.79. The largest absolute Gasteiger partial charge is 0.224 e. The maximum atomic E-state index is 10.9. The molecule has 0 aromatic carbocycles. The van der Waals surface area contributed by atoms with Crippen LogP contribution in [0.1, 0.15) is 6.92 Å². The van der Waals surface area contributed by atoms with Gasteiger partial charge in [0.2, 0.25) is 0 Å². The van der Waals surface area contributed by atoms with Crippen LogP contribution in [-0.4, -0.2) is 14.7 Å². The molecule has 62 valence electrons. The molecule has 0 fully saturated rings. The Balaban J connectivity index is 4.80. The van der Waals surface area contributed by atoms with E-state index in [2.05, 4.69) is 13.2 Å². The molecule has 11 heavy (non-hydrogen) atoms. The fraction of sp³-hybridized carbons (Fsp3) is 0.250. The van der Waals surface area contributed by atoms with Crippen LogP contribution in [0.3, 0.4) is 0 Å². The third kappa shape index (κ3) is 3.18. The number of sulfone groups is 1. The summed E-state index contributed by atoms with van der Waals surface area (Å²) in [5, 5.41) is 0. The van der Waals surface area contributed by atoms with Crippen molar-refractivity contribution < 1.29 is 8.42 Å². The molecule has 0 spiro atoms. The minimum Gasteiger partial charge on any atom is -0.224 e. The zero-order chi connectivity index (χ0) is 9.07. The van der Waals surface area contributed by atoms with E-state index in [4.69, 9.17) is 0 Å². The Morgan fingerprint density at radius 1 is 1.45 bits per heavy atom. The van der Waals surface area contributed by atoms with Gasteiger partial charge in [0.1, 0.15) is 0 Å². The lowest BCUT2D eigenvalue weighted by Crippen LogP contribution is -2.00. The van der Waals surface area contributed by atoms with Crippen molar-refractivity contribution in [3.05, 3.63) is 35.8 Å². The number of allylic oxidation sites excluding steroid dienone is 3. The van der Waals surface area contributed by atoms with Gasteiger partial charge in [-0.25, -0.2) is 8.42 Å². The van der Waals surface area contributed by atoms with Crippen molar-refractivity contribution in [2.75, 3.05) is 6.26 Å². The van der Waals surface area contributed by atoms with Crippen LogP contribution >= 0.6 is 0 Å². The Bertz CT molecular complexity index is 294. The Hall–Kier alpha value is -0.830. The second kappa shape index (κ2) is 3.53. The highest BCUT2D eigenvalue weighted by atomic mass is 32.2. The van der Waals surface area contributed by atoms with Crippen molar-refractivity contribution in [1.29, 1.82) is 0 Å². The van der Waals surface area contributed by atoms with Gasteiger partial charge in [0, 0.05) is 6.26 Å². The topological polar surface area (TPSA) is 34.1 Å². The number of rotatable bonds is 3. The second-order valence-corrected chi connectivity index (χ2v) is 4.32. The second-order valence-electron chi connectivity index (χ2n) is 2.28. The molecule has 0 radical (unpaired) electrons. The predicted molar refractivity (Wildman–Crippen MR) is 47.9 cm³/mol. The van der Waals surface area contributed by atoms with Crippen LogP contribution in [0.25, 0.3) is 0 Å². The normalized spacial score (nSPS) is 12.7. The highest BCUT2D eigenvalue weighted by molar-refractivity contribution is 7.94. The van der Waals surface area contributed by atoms with Crippen molar-refractivity contribution in [2.24, 2.45) is 0 Å². The molecule has 0 saturated carbocycles. The number of hydrogen-bond acceptors (Lipinski definition) is 2. The molecule has 2 nitrogen and oxygen atoms in total. The van der Waals surface area contributed by atoms with Gasteiger partial charge in [-0.2, -0.15) is 0 Å². The van der Waals surface area contributed by atoms with Crippen LogP contribution in [0.5, 0.6) is 0 Å². The minimum atomic E-state index is -3.13. The van der Waals surface area contributed by atoms with Crippen LogP contribution < -0.4 is 0 Å². The van der Waals surface area contributed by atoms with Gasteiger partial charge in [0.25, 0.3) is 0 Å². The summed E-state index contributed by atoms with van der Waals surface area (Å²) < 4.78 is 21.7. The lowest BCUT2D eigenvalue weighted by molar-refractivity contribution is 0.608. The lowest BCUT2D eigenvalue weighted by atomic mass is 10.3. The van der Waals surface area contributed by atoms with Gasteiger partial charge in [-0.15, -0.1) is 0 Å². The summed E-state index contributed by atoms with van der Waals surface area (Å²) in [6.45, 7) is 8.58. The summed E-state index contributed by atoms with van der Waals surface area (Å²) in [6, 6.07) is 0. The summed E-state index contributed by atoms with van der Waals surface area (Å²) in [5.74, 6) is 0. The van der Waals surface area contributed by atoms with E-state index in [-0.39, 0.29) is 4.91 Å². The maximum Gasteiger partial charge on any atom is 0.175 e. The third-order valence-electron chi connectivity index (χ3n) is 1.26. The van der Waals surface area contributed by atoms with E-state index in [1.807, 2.05) is 0 Å². The Morgan fingerprint density at radius 2 is 1.91 bits per heavy atom. The molecule has 0 N–H and O–H groups in total. The summed E-state index contributed by atoms with van der Waals surface area (Å²) in [5.41, 5.74) is 0.627. The van der Waals surface area contributed by atoms with Gasteiger partial charge >= 0.3 is 0 Å². The first kappa shape index (κ1) is 10.2. The molecular formula is C8H12O2S. The first-order valence-corrected chi connectivity index (χ1v) is 4.97. The van der Waals surface area contributed by atoms with E-state index in [9.17, 15) is 8.42 Å². The quantitative estimate of drug-likeness (QED) is 0.607. The van der Waals surface area contributed by atoms with Crippen molar-refractivity contribution in [3.63, 3.8) is 0 Å². The monoisotopic (exact) mass is 172 g/mol. The fourth-order valence-electron chi connectivity index (χ4n) is 0.562. The lowest BCUT2D eigenvalue weighted by Gasteiger charge is -2.00. The fourth-order valence-corrected chi connectivity index (χ4v) is 1.22. The van der Waals surface area contributed by atoms with Gasteiger partial charge in [-0.05, 0) is 12.5 Å². The summed E-state index contributed by atoms with van der Waals surface area (Å²) in [4.78, 5) is 0.150. The van der Waals surface area contributed by atoms with Crippen LogP contribution in [0.4, 0.5) is 0 Å². The minimum absolute atomic E-state index is 0.150. The van der Waals surface area contributed by atoms with Crippen molar-refractivity contribution in [2.45, 2.75) is 6.92 Å². The van der Waals surface area contributed by atoms with E-state index in [1.54, 1.807) is 13.0 Å². The highest BCUT2D eigenvalue weighted by Crippen LogP contribution is 2.12. The molecular weight excluding hydrogens is 160 g/mol. The molecule has 0 saturated heterocycles. The zero-order valence-corrected chi connectivity index (χ0v) is 7.61. The van der Waals surface area contributed by atoms with E-state index in [1.165, 1.54) is 6.08 Å². The van der Waals surface area contributed by atoms with Gasteiger partial charge < -0.3 is 0 Å². The third-order valence-corrected chi connectivity index (χ3v) is 2.47. The average molecular weight is 172 g/mol. The van der Waals surface area contributed by atoms with Crippen molar-refractivity contribution in [1.82, 2.24) is 0 Å². The molecule has 0 aliphatic carbocycles. The van der Waals surface area contributed by atoms with E-state index < -0.39 is 9.84 Å². The molecule has 0 heterocycles. The molecule has 0 aliphatic heterocycles. The van der Waals surface area contributed by atoms with Gasteiger partial charge in [-0.1, -0.05) is 25.3 Å². The smallest absolute Gasteiger partial charge is 0.175 e. The van der Waals surface area contributed by atoms with Crippen LogP contribution in [0.2, 0.25) is 0 Å².